The average Bonchev–Trinajstić information content (AvgIpc) is 2.10. The second-order valence-electron chi connectivity index (χ2n) is 4.03. The minimum absolute atomic E-state index is 0.347. The Bertz CT molecular complexity index is 168. The van der Waals surface area contributed by atoms with Gasteiger partial charge in [-0.3, -0.25) is 0 Å². The van der Waals surface area contributed by atoms with E-state index in [0.29, 0.717) is 12.3 Å². The molecule has 0 saturated heterocycles. The molecule has 2 unspecified atom stereocenters. The van der Waals surface area contributed by atoms with Gasteiger partial charge >= 0.3 is 5.97 Å². The molecule has 0 aliphatic rings. The van der Waals surface area contributed by atoms with Gasteiger partial charge in [0, 0.05) is 0 Å². The fourth-order valence-corrected chi connectivity index (χ4v) is 1.23. The Balaban J connectivity index is 3.53. The van der Waals surface area contributed by atoms with Gasteiger partial charge in [-0.05, 0) is 12.3 Å². The molecule has 0 aromatic heterocycles. The average molecular weight is 204 g/mol. The highest BCUT2D eigenvalue weighted by molar-refractivity contribution is 5.72. The highest BCUT2D eigenvalue weighted by Crippen LogP contribution is 2.11. The van der Waals surface area contributed by atoms with E-state index >= 15 is 0 Å². The van der Waals surface area contributed by atoms with Crippen molar-refractivity contribution in [1.29, 1.82) is 0 Å². The summed E-state index contributed by atoms with van der Waals surface area (Å²) in [5.74, 6) is -0.738. The molecule has 3 N–H and O–H groups in total. The molecule has 84 valence electrons. The van der Waals surface area contributed by atoms with Gasteiger partial charge in [-0.2, -0.15) is 0 Å². The molecule has 4 heteroatoms. The SMILES string of the molecule is CC(C)CCCCC(O)C(O)C(=O)O. The standard InChI is InChI=1S/C10H20O4/c1-7(2)5-3-4-6-8(11)9(12)10(13)14/h7-9,11-12H,3-6H2,1-2H3,(H,13,14). The van der Waals surface area contributed by atoms with Gasteiger partial charge in [0.1, 0.15) is 0 Å². The molecule has 0 rings (SSSR count). The summed E-state index contributed by atoms with van der Waals surface area (Å²) in [4.78, 5) is 10.3. The molecule has 0 radical (unpaired) electrons. The monoisotopic (exact) mass is 204 g/mol. The number of carbonyl (C=O) groups is 1. The molecule has 0 aromatic rings. The number of carboxylic acid groups (broad SMARTS) is 1. The van der Waals surface area contributed by atoms with Gasteiger partial charge in [-0.1, -0.05) is 33.1 Å². The molecule has 0 heterocycles. The smallest absolute Gasteiger partial charge is 0.335 e. The maximum Gasteiger partial charge on any atom is 0.335 e. The van der Waals surface area contributed by atoms with Crippen molar-refractivity contribution in [2.45, 2.75) is 51.7 Å². The predicted molar refractivity (Wildman–Crippen MR) is 53.0 cm³/mol. The highest BCUT2D eigenvalue weighted by atomic mass is 16.4. The van der Waals surface area contributed by atoms with Crippen LogP contribution in [0, 0.1) is 5.92 Å². The summed E-state index contributed by atoms with van der Waals surface area (Å²) in [6.45, 7) is 4.23. The van der Waals surface area contributed by atoms with Gasteiger partial charge in [-0.15, -0.1) is 0 Å². The van der Waals surface area contributed by atoms with Crippen LogP contribution in [-0.2, 0) is 4.79 Å². The minimum Gasteiger partial charge on any atom is -0.479 e. The molecule has 0 aliphatic carbocycles. The van der Waals surface area contributed by atoms with Gasteiger partial charge in [0.05, 0.1) is 6.10 Å². The van der Waals surface area contributed by atoms with Gasteiger partial charge < -0.3 is 15.3 Å². The van der Waals surface area contributed by atoms with Crippen LogP contribution < -0.4 is 0 Å². The van der Waals surface area contributed by atoms with E-state index in [1.807, 2.05) is 0 Å². The van der Waals surface area contributed by atoms with Crippen LogP contribution in [0.3, 0.4) is 0 Å². The molecular formula is C10H20O4. The normalized spacial score (nSPS) is 15.5. The Morgan fingerprint density at radius 1 is 1.14 bits per heavy atom. The first-order valence-electron chi connectivity index (χ1n) is 5.04. The topological polar surface area (TPSA) is 77.8 Å². The summed E-state index contributed by atoms with van der Waals surface area (Å²) in [7, 11) is 0. The number of aliphatic hydroxyl groups excluding tert-OH is 2. The zero-order valence-electron chi connectivity index (χ0n) is 8.81. The number of hydrogen-bond donors (Lipinski definition) is 3. The zero-order chi connectivity index (χ0) is 11.1. The van der Waals surface area contributed by atoms with Gasteiger partial charge in [-0.25, -0.2) is 4.79 Å². The fourth-order valence-electron chi connectivity index (χ4n) is 1.23. The lowest BCUT2D eigenvalue weighted by Gasteiger charge is -2.13. The van der Waals surface area contributed by atoms with Crippen molar-refractivity contribution in [3.63, 3.8) is 0 Å². The summed E-state index contributed by atoms with van der Waals surface area (Å²) >= 11 is 0. The quantitative estimate of drug-likeness (QED) is 0.541. The van der Waals surface area contributed by atoms with Crippen LogP contribution in [0.4, 0.5) is 0 Å². The second kappa shape index (κ2) is 6.79. The Morgan fingerprint density at radius 2 is 1.64 bits per heavy atom. The van der Waals surface area contributed by atoms with Crippen LogP contribution in [0.15, 0.2) is 0 Å². The molecule has 0 fully saturated rings. The van der Waals surface area contributed by atoms with E-state index in [9.17, 15) is 9.90 Å². The van der Waals surface area contributed by atoms with E-state index in [4.69, 9.17) is 10.2 Å². The third-order valence-electron chi connectivity index (χ3n) is 2.15. The molecule has 2 atom stereocenters. The molecule has 0 aliphatic heterocycles. The van der Waals surface area contributed by atoms with Gasteiger partial charge in [0.2, 0.25) is 0 Å². The number of carboxylic acids is 1. The van der Waals surface area contributed by atoms with Crippen LogP contribution in [0.5, 0.6) is 0 Å². The maximum absolute atomic E-state index is 10.3. The van der Waals surface area contributed by atoms with Crippen LogP contribution >= 0.6 is 0 Å². The van der Waals surface area contributed by atoms with E-state index in [1.54, 1.807) is 0 Å². The minimum atomic E-state index is -1.64. The maximum atomic E-state index is 10.3. The van der Waals surface area contributed by atoms with Crippen molar-refractivity contribution >= 4 is 5.97 Å². The van der Waals surface area contributed by atoms with Crippen molar-refractivity contribution in [1.82, 2.24) is 0 Å². The first kappa shape index (κ1) is 13.4. The first-order valence-corrected chi connectivity index (χ1v) is 5.04. The van der Waals surface area contributed by atoms with Crippen molar-refractivity contribution in [2.75, 3.05) is 0 Å². The lowest BCUT2D eigenvalue weighted by Crippen LogP contribution is -2.33. The largest absolute Gasteiger partial charge is 0.479 e. The molecule has 4 nitrogen and oxygen atoms in total. The summed E-state index contributed by atoms with van der Waals surface area (Å²) < 4.78 is 0. The molecule has 0 aromatic carbocycles. The van der Waals surface area contributed by atoms with Gasteiger partial charge in [0.15, 0.2) is 6.10 Å². The van der Waals surface area contributed by atoms with Crippen molar-refractivity contribution < 1.29 is 20.1 Å². The zero-order valence-corrected chi connectivity index (χ0v) is 8.81. The van der Waals surface area contributed by atoms with E-state index in [0.717, 1.165) is 19.3 Å². The lowest BCUT2D eigenvalue weighted by atomic mass is 10.0. The van der Waals surface area contributed by atoms with Crippen LogP contribution in [0.1, 0.15) is 39.5 Å². The molecule has 0 saturated carbocycles. The Hall–Kier alpha value is -0.610. The number of rotatable bonds is 7. The molecule has 0 bridgehead atoms. The number of unbranched alkanes of at least 4 members (excludes halogenated alkanes) is 1. The number of hydrogen-bond acceptors (Lipinski definition) is 3. The first-order chi connectivity index (χ1) is 6.45. The molecule has 14 heavy (non-hydrogen) atoms. The number of aliphatic hydroxyl groups is 2. The van der Waals surface area contributed by atoms with Gasteiger partial charge in [0.25, 0.3) is 0 Å². The van der Waals surface area contributed by atoms with Crippen molar-refractivity contribution in [3.05, 3.63) is 0 Å². The second-order valence-corrected chi connectivity index (χ2v) is 4.03. The number of aliphatic carboxylic acids is 1. The Morgan fingerprint density at radius 3 is 2.07 bits per heavy atom. The Kier molecular flexibility index (Phi) is 6.49. The molecular weight excluding hydrogens is 184 g/mol. The predicted octanol–water partition coefficient (Wildman–Crippen LogP) is 1.01. The van der Waals surface area contributed by atoms with E-state index in [2.05, 4.69) is 13.8 Å². The summed E-state index contributed by atoms with van der Waals surface area (Å²) in [6.07, 6.45) is 0.342. The van der Waals surface area contributed by atoms with E-state index < -0.39 is 18.2 Å². The molecule has 0 spiro atoms. The fraction of sp³-hybridized carbons (Fsp3) is 0.900. The van der Waals surface area contributed by atoms with Crippen LogP contribution in [-0.4, -0.2) is 33.5 Å². The third-order valence-corrected chi connectivity index (χ3v) is 2.15. The molecule has 0 amide bonds. The summed E-state index contributed by atoms with van der Waals surface area (Å²) in [6, 6.07) is 0. The lowest BCUT2D eigenvalue weighted by molar-refractivity contribution is -0.153. The third kappa shape index (κ3) is 5.94. The summed E-state index contributed by atoms with van der Waals surface area (Å²) in [5, 5.41) is 26.6. The highest BCUT2D eigenvalue weighted by Gasteiger charge is 2.22. The van der Waals surface area contributed by atoms with Crippen molar-refractivity contribution in [2.24, 2.45) is 5.92 Å². The van der Waals surface area contributed by atoms with Crippen molar-refractivity contribution in [3.8, 4) is 0 Å². The Labute approximate surface area is 84.6 Å². The summed E-state index contributed by atoms with van der Waals surface area (Å²) in [5.41, 5.74) is 0. The van der Waals surface area contributed by atoms with E-state index in [1.165, 1.54) is 0 Å². The van der Waals surface area contributed by atoms with E-state index in [-0.39, 0.29) is 0 Å². The van der Waals surface area contributed by atoms with Crippen LogP contribution in [0.25, 0.3) is 0 Å². The van der Waals surface area contributed by atoms with Crippen LogP contribution in [0.2, 0.25) is 0 Å².